The number of rotatable bonds is 1. The van der Waals surface area contributed by atoms with Crippen LogP contribution in [0.4, 0.5) is 0 Å². The van der Waals surface area contributed by atoms with Gasteiger partial charge < -0.3 is 0 Å². The molecule has 76 valence electrons. The number of halogens is 3. The molecule has 0 spiro atoms. The van der Waals surface area contributed by atoms with Gasteiger partial charge in [-0.1, -0.05) is 46.9 Å². The van der Waals surface area contributed by atoms with Crippen LogP contribution in [0.5, 0.6) is 0 Å². The maximum Gasteiger partial charge on any atom is 0.0426 e. The van der Waals surface area contributed by atoms with E-state index in [2.05, 4.69) is 0 Å². The summed E-state index contributed by atoms with van der Waals surface area (Å²) in [5, 5.41) is 1.94. The van der Waals surface area contributed by atoms with E-state index < -0.39 is 0 Å². The third-order valence-corrected chi connectivity index (χ3v) is 2.69. The van der Waals surface area contributed by atoms with Crippen molar-refractivity contribution in [2.45, 2.75) is 0 Å². The molecule has 3 heteroatoms. The van der Waals surface area contributed by atoms with Crippen LogP contribution < -0.4 is 0 Å². The summed E-state index contributed by atoms with van der Waals surface area (Å²) in [5.74, 6) is 0. The molecule has 0 aliphatic carbocycles. The van der Waals surface area contributed by atoms with Crippen molar-refractivity contribution < 1.29 is 0 Å². The molecule has 0 atom stereocenters. The lowest BCUT2D eigenvalue weighted by Gasteiger charge is -2.03. The molecule has 0 unspecified atom stereocenters. The highest BCUT2D eigenvalue weighted by Gasteiger charge is 2.01. The second-order valence-electron chi connectivity index (χ2n) is 3.17. The van der Waals surface area contributed by atoms with Crippen LogP contribution in [0.25, 0.3) is 11.1 Å². The van der Waals surface area contributed by atoms with Gasteiger partial charge in [-0.2, -0.15) is 0 Å². The molecule has 0 radical (unpaired) electrons. The lowest BCUT2D eigenvalue weighted by Crippen LogP contribution is -1.78. The number of hydrogen-bond acceptors (Lipinski definition) is 0. The first-order chi connectivity index (χ1) is 7.15. The molecule has 0 aliphatic rings. The zero-order valence-corrected chi connectivity index (χ0v) is 9.94. The maximum absolute atomic E-state index is 5.92. The average molecular weight is 258 g/mol. The zero-order valence-electron chi connectivity index (χ0n) is 7.68. The average Bonchev–Trinajstić information content (AvgIpc) is 2.16. The van der Waals surface area contributed by atoms with E-state index in [0.717, 1.165) is 11.1 Å². The first-order valence-corrected chi connectivity index (χ1v) is 5.50. The molecule has 0 amide bonds. The Balaban J connectivity index is 2.54. The Hall–Kier alpha value is -0.690. The van der Waals surface area contributed by atoms with Gasteiger partial charge in [0.05, 0.1) is 0 Å². The summed E-state index contributed by atoms with van der Waals surface area (Å²) < 4.78 is 0. The Bertz CT molecular complexity index is 472. The maximum atomic E-state index is 5.92. The predicted octanol–water partition coefficient (Wildman–Crippen LogP) is 5.31. The number of benzene rings is 2. The summed E-state index contributed by atoms with van der Waals surface area (Å²) in [4.78, 5) is 0. The van der Waals surface area contributed by atoms with Crippen molar-refractivity contribution >= 4 is 34.8 Å². The molecule has 0 aromatic heterocycles. The summed E-state index contributed by atoms with van der Waals surface area (Å²) in [7, 11) is 0. The molecule has 0 fully saturated rings. The second-order valence-corrected chi connectivity index (χ2v) is 4.48. The van der Waals surface area contributed by atoms with Crippen molar-refractivity contribution in [1.29, 1.82) is 0 Å². The lowest BCUT2D eigenvalue weighted by atomic mass is 10.1. The van der Waals surface area contributed by atoms with Crippen molar-refractivity contribution in [2.24, 2.45) is 0 Å². The molecular weight excluding hydrogens is 250 g/mol. The van der Waals surface area contributed by atoms with Crippen molar-refractivity contribution in [3.05, 3.63) is 57.5 Å². The Labute approximate surface area is 103 Å². The van der Waals surface area contributed by atoms with Crippen LogP contribution >= 0.6 is 34.8 Å². The lowest BCUT2D eigenvalue weighted by molar-refractivity contribution is 1.62. The highest BCUT2D eigenvalue weighted by atomic mass is 35.5. The minimum Gasteiger partial charge on any atom is -0.0843 e. The van der Waals surface area contributed by atoms with Crippen LogP contribution in [-0.2, 0) is 0 Å². The molecule has 0 aliphatic heterocycles. The summed E-state index contributed by atoms with van der Waals surface area (Å²) >= 11 is 17.8. The summed E-state index contributed by atoms with van der Waals surface area (Å²) in [6.45, 7) is 0. The monoisotopic (exact) mass is 256 g/mol. The van der Waals surface area contributed by atoms with E-state index in [9.17, 15) is 0 Å². The largest absolute Gasteiger partial charge is 0.0843 e. The highest BCUT2D eigenvalue weighted by Crippen LogP contribution is 2.28. The van der Waals surface area contributed by atoms with Gasteiger partial charge in [0, 0.05) is 15.1 Å². The minimum atomic E-state index is 0.623. The molecule has 0 heterocycles. The summed E-state index contributed by atoms with van der Waals surface area (Å²) in [6, 6.07) is 13.0. The Morgan fingerprint density at radius 2 is 1.20 bits per heavy atom. The van der Waals surface area contributed by atoms with Gasteiger partial charge in [-0.3, -0.25) is 0 Å². The van der Waals surface area contributed by atoms with Gasteiger partial charge in [-0.05, 0) is 41.5 Å². The van der Waals surface area contributed by atoms with Gasteiger partial charge in [0.2, 0.25) is 0 Å². The van der Waals surface area contributed by atoms with Crippen LogP contribution in [0, 0.1) is 0 Å². The Morgan fingerprint density at radius 1 is 0.600 bits per heavy atom. The SMILES string of the molecule is Clc1cccc(-c2cc(Cl)cc(Cl)c2)c1. The van der Waals surface area contributed by atoms with Crippen LogP contribution in [0.3, 0.4) is 0 Å². The highest BCUT2D eigenvalue weighted by molar-refractivity contribution is 6.35. The Kier molecular flexibility index (Phi) is 3.20. The zero-order chi connectivity index (χ0) is 10.8. The van der Waals surface area contributed by atoms with Gasteiger partial charge in [0.1, 0.15) is 0 Å². The van der Waals surface area contributed by atoms with E-state index in [-0.39, 0.29) is 0 Å². The van der Waals surface area contributed by atoms with Gasteiger partial charge in [-0.15, -0.1) is 0 Å². The van der Waals surface area contributed by atoms with Crippen molar-refractivity contribution in [3.8, 4) is 11.1 Å². The molecule has 2 aromatic carbocycles. The third kappa shape index (κ3) is 2.66. The summed E-state index contributed by atoms with van der Waals surface area (Å²) in [5.41, 5.74) is 1.97. The van der Waals surface area contributed by atoms with Crippen LogP contribution in [0.15, 0.2) is 42.5 Å². The second kappa shape index (κ2) is 4.44. The molecule has 0 nitrogen and oxygen atoms in total. The molecular formula is C12H7Cl3. The fourth-order valence-electron chi connectivity index (χ4n) is 1.39. The van der Waals surface area contributed by atoms with E-state index in [4.69, 9.17) is 34.8 Å². The van der Waals surface area contributed by atoms with Crippen LogP contribution in [-0.4, -0.2) is 0 Å². The molecule has 0 saturated carbocycles. The van der Waals surface area contributed by atoms with Crippen LogP contribution in [0.1, 0.15) is 0 Å². The molecule has 0 bridgehead atoms. The smallest absolute Gasteiger partial charge is 0.0426 e. The standard InChI is InChI=1S/C12H7Cl3/c13-10-3-1-2-8(4-10)9-5-11(14)7-12(15)6-9/h1-7H. The predicted molar refractivity (Wildman–Crippen MR) is 66.9 cm³/mol. The van der Waals surface area contributed by atoms with Crippen molar-refractivity contribution in [2.75, 3.05) is 0 Å². The van der Waals surface area contributed by atoms with Crippen molar-refractivity contribution in [3.63, 3.8) is 0 Å². The molecule has 0 saturated heterocycles. The first-order valence-electron chi connectivity index (χ1n) is 4.37. The normalized spacial score (nSPS) is 10.3. The fourth-order valence-corrected chi connectivity index (χ4v) is 2.10. The van der Waals surface area contributed by atoms with E-state index in [1.807, 2.05) is 36.4 Å². The third-order valence-electron chi connectivity index (χ3n) is 2.02. The summed E-state index contributed by atoms with van der Waals surface area (Å²) in [6.07, 6.45) is 0. The molecule has 15 heavy (non-hydrogen) atoms. The van der Waals surface area contributed by atoms with E-state index in [1.54, 1.807) is 6.07 Å². The number of hydrogen-bond donors (Lipinski definition) is 0. The molecule has 2 aromatic rings. The van der Waals surface area contributed by atoms with Gasteiger partial charge in [-0.25, -0.2) is 0 Å². The fraction of sp³-hybridized carbons (Fsp3) is 0. The topological polar surface area (TPSA) is 0 Å². The van der Waals surface area contributed by atoms with Crippen LogP contribution in [0.2, 0.25) is 15.1 Å². The van der Waals surface area contributed by atoms with Crippen molar-refractivity contribution in [1.82, 2.24) is 0 Å². The molecule has 2 rings (SSSR count). The Morgan fingerprint density at radius 3 is 1.80 bits per heavy atom. The molecule has 0 N–H and O–H groups in total. The van der Waals surface area contributed by atoms with Gasteiger partial charge in [0.15, 0.2) is 0 Å². The minimum absolute atomic E-state index is 0.623. The van der Waals surface area contributed by atoms with E-state index in [1.165, 1.54) is 0 Å². The van der Waals surface area contributed by atoms with E-state index in [0.29, 0.717) is 15.1 Å². The van der Waals surface area contributed by atoms with E-state index >= 15 is 0 Å². The van der Waals surface area contributed by atoms with Gasteiger partial charge >= 0.3 is 0 Å². The quantitative estimate of drug-likeness (QED) is 0.649. The first kappa shape index (κ1) is 10.8. The van der Waals surface area contributed by atoms with Gasteiger partial charge in [0.25, 0.3) is 0 Å².